The van der Waals surface area contributed by atoms with E-state index in [9.17, 15) is 19.9 Å². The molecular weight excluding hydrogens is 402 g/mol. The summed E-state index contributed by atoms with van der Waals surface area (Å²) in [5.41, 5.74) is 0.860. The van der Waals surface area contributed by atoms with Gasteiger partial charge in [-0.05, 0) is 18.9 Å². The third kappa shape index (κ3) is 5.71. The van der Waals surface area contributed by atoms with Gasteiger partial charge in [0.15, 0.2) is 12.3 Å². The van der Waals surface area contributed by atoms with E-state index in [1.54, 1.807) is 0 Å². The molecule has 9 nitrogen and oxygen atoms in total. The number of hydrogen-bond acceptors (Lipinski definition) is 6. The highest BCUT2D eigenvalue weighted by Gasteiger charge is 2.36. The second kappa shape index (κ2) is 10.2. The zero-order valence-corrected chi connectivity index (χ0v) is 17.6. The average molecular weight is 429 g/mol. The molecule has 0 saturated carbocycles. The summed E-state index contributed by atoms with van der Waals surface area (Å²) in [5.74, 6) is -0.600. The molecule has 2 unspecified atom stereocenters. The molecular formula is C22H27N3O6. The normalized spacial score (nSPS) is 19.1. The first kappa shape index (κ1) is 22.5. The molecule has 0 spiro atoms. The summed E-state index contributed by atoms with van der Waals surface area (Å²) in [7, 11) is 1.45. The van der Waals surface area contributed by atoms with Gasteiger partial charge < -0.3 is 30.0 Å². The lowest BCUT2D eigenvalue weighted by molar-refractivity contribution is -0.607. The van der Waals surface area contributed by atoms with Crippen LogP contribution >= 0.6 is 0 Å². The minimum Gasteiger partial charge on any atom is -0.618 e. The van der Waals surface area contributed by atoms with Crippen LogP contribution in [0, 0.1) is 5.21 Å². The van der Waals surface area contributed by atoms with E-state index in [4.69, 9.17) is 9.47 Å². The van der Waals surface area contributed by atoms with E-state index >= 15 is 0 Å². The number of ether oxygens (including phenoxy) is 2. The van der Waals surface area contributed by atoms with Crippen molar-refractivity contribution >= 4 is 11.8 Å². The lowest BCUT2D eigenvalue weighted by Gasteiger charge is -2.24. The Hall–Kier alpha value is -3.17. The van der Waals surface area contributed by atoms with Crippen LogP contribution in [0.5, 0.6) is 5.75 Å². The molecule has 31 heavy (non-hydrogen) atoms. The van der Waals surface area contributed by atoms with Crippen molar-refractivity contribution in [3.63, 3.8) is 0 Å². The van der Waals surface area contributed by atoms with Crippen molar-refractivity contribution in [1.29, 1.82) is 0 Å². The molecule has 2 heterocycles. The van der Waals surface area contributed by atoms with Crippen LogP contribution in [0.4, 0.5) is 0 Å². The Balaban J connectivity index is 1.52. The van der Waals surface area contributed by atoms with Crippen LogP contribution < -0.4 is 14.8 Å². The monoisotopic (exact) mass is 429 g/mol. The zero-order chi connectivity index (χ0) is 22.4. The van der Waals surface area contributed by atoms with E-state index in [-0.39, 0.29) is 30.9 Å². The molecule has 1 fully saturated rings. The summed E-state index contributed by atoms with van der Waals surface area (Å²) in [4.78, 5) is 26.7. The van der Waals surface area contributed by atoms with Gasteiger partial charge in [0.2, 0.25) is 0 Å². The van der Waals surface area contributed by atoms with Crippen molar-refractivity contribution < 1.29 is 28.9 Å². The maximum absolute atomic E-state index is 12.6. The van der Waals surface area contributed by atoms with Gasteiger partial charge in [-0.3, -0.25) is 9.59 Å². The highest BCUT2D eigenvalue weighted by atomic mass is 16.5. The fraction of sp³-hybridized carbons (Fsp3) is 0.409. The first-order valence-corrected chi connectivity index (χ1v) is 10.1. The number of aliphatic hydroxyl groups excluding tert-OH is 1. The van der Waals surface area contributed by atoms with Gasteiger partial charge in [0, 0.05) is 24.7 Å². The maximum Gasteiger partial charge on any atom is 0.317 e. The van der Waals surface area contributed by atoms with Crippen LogP contribution in [0.3, 0.4) is 0 Å². The molecule has 0 bridgehead atoms. The Labute approximate surface area is 180 Å². The average Bonchev–Trinajstić information content (AvgIpc) is 3.13. The second-order valence-corrected chi connectivity index (χ2v) is 7.54. The smallest absolute Gasteiger partial charge is 0.317 e. The lowest BCUT2D eigenvalue weighted by Crippen LogP contribution is -2.46. The van der Waals surface area contributed by atoms with Crippen LogP contribution in [0.2, 0.25) is 0 Å². The highest BCUT2D eigenvalue weighted by Crippen LogP contribution is 2.19. The summed E-state index contributed by atoms with van der Waals surface area (Å²) < 4.78 is 11.0. The highest BCUT2D eigenvalue weighted by molar-refractivity contribution is 5.91. The number of amides is 2. The quantitative estimate of drug-likeness (QED) is 0.470. The molecule has 1 aliphatic rings. The third-order valence-electron chi connectivity index (χ3n) is 5.22. The Morgan fingerprint density at radius 3 is 2.77 bits per heavy atom. The number of rotatable bonds is 8. The van der Waals surface area contributed by atoms with Crippen LogP contribution in [0.25, 0.3) is 0 Å². The van der Waals surface area contributed by atoms with E-state index in [0.29, 0.717) is 23.5 Å². The van der Waals surface area contributed by atoms with Gasteiger partial charge in [-0.15, -0.1) is 0 Å². The van der Waals surface area contributed by atoms with Gasteiger partial charge in [-0.25, -0.2) is 0 Å². The van der Waals surface area contributed by atoms with Crippen molar-refractivity contribution in [2.75, 3.05) is 20.3 Å². The molecule has 3 atom stereocenters. The van der Waals surface area contributed by atoms with E-state index in [1.165, 1.54) is 30.3 Å². The van der Waals surface area contributed by atoms with E-state index in [0.717, 1.165) is 5.56 Å². The Bertz CT molecular complexity index is 907. The second-order valence-electron chi connectivity index (χ2n) is 7.54. The van der Waals surface area contributed by atoms with Crippen LogP contribution in [-0.2, 0) is 16.1 Å². The number of likely N-dealkylation sites (tertiary alicyclic amines) is 1. The number of benzene rings is 1. The first-order chi connectivity index (χ1) is 14.9. The van der Waals surface area contributed by atoms with E-state index in [1.807, 2.05) is 37.3 Å². The van der Waals surface area contributed by atoms with Crippen molar-refractivity contribution in [2.45, 2.75) is 38.1 Å². The summed E-state index contributed by atoms with van der Waals surface area (Å²) in [5, 5.41) is 25.0. The molecule has 2 N–H and O–H groups in total. The van der Waals surface area contributed by atoms with Gasteiger partial charge >= 0.3 is 5.91 Å². The van der Waals surface area contributed by atoms with E-state index in [2.05, 4.69) is 5.32 Å². The Morgan fingerprint density at radius 1 is 1.32 bits per heavy atom. The van der Waals surface area contributed by atoms with Gasteiger partial charge in [0.1, 0.15) is 5.75 Å². The summed E-state index contributed by atoms with van der Waals surface area (Å²) in [6.07, 6.45) is 0.424. The number of carbonyl (C=O) groups excluding carboxylic acids is 2. The molecule has 1 aromatic carbocycles. The predicted molar refractivity (Wildman–Crippen MR) is 111 cm³/mol. The molecule has 1 aromatic heterocycles. The summed E-state index contributed by atoms with van der Waals surface area (Å²) in [6, 6.07) is 11.8. The molecule has 3 rings (SSSR count). The number of nitrogens with one attached hydrogen (secondary N) is 1. The topological polar surface area (TPSA) is 115 Å². The molecule has 1 aliphatic heterocycles. The van der Waals surface area contributed by atoms with Crippen molar-refractivity contribution in [2.24, 2.45) is 0 Å². The number of methoxy groups -OCH3 is 1. The van der Waals surface area contributed by atoms with Crippen molar-refractivity contribution in [3.8, 4) is 5.75 Å². The van der Waals surface area contributed by atoms with Crippen LogP contribution in [0.15, 0.2) is 48.7 Å². The van der Waals surface area contributed by atoms with Crippen LogP contribution in [-0.4, -0.2) is 60.3 Å². The molecule has 9 heteroatoms. The maximum atomic E-state index is 12.6. The molecule has 166 valence electrons. The molecule has 0 aliphatic carbocycles. The number of carbonyl (C=O) groups is 2. The SMILES string of the molecule is COc1cc[n+]([O-])c(C(=O)NC2CC(C)N(C(=O)[C@@H](O)COCc3ccccc3)C2)c1. The van der Waals surface area contributed by atoms with Crippen molar-refractivity contribution in [3.05, 3.63) is 65.1 Å². The Kier molecular flexibility index (Phi) is 7.43. The van der Waals surface area contributed by atoms with Gasteiger partial charge in [0.05, 0.1) is 26.4 Å². The fourth-order valence-corrected chi connectivity index (χ4v) is 3.59. The summed E-state index contributed by atoms with van der Waals surface area (Å²) in [6.45, 7) is 2.27. The minimum atomic E-state index is -1.29. The standard InChI is InChI=1S/C22H27N3O6/c1-15-10-17(23-21(27)19-11-18(30-2)8-9-25(19)29)12-24(15)22(28)20(26)14-31-13-16-6-4-3-5-7-16/h3-9,11,15,17,20,26H,10,12-14H2,1-2H3,(H,23,27)/t15?,17?,20-/m0/s1. The fourth-order valence-electron chi connectivity index (χ4n) is 3.59. The van der Waals surface area contributed by atoms with Gasteiger partial charge in [0.25, 0.3) is 11.6 Å². The lowest BCUT2D eigenvalue weighted by atomic mass is 10.2. The van der Waals surface area contributed by atoms with Gasteiger partial charge in [-0.1, -0.05) is 30.3 Å². The number of aliphatic hydroxyl groups is 1. The molecule has 2 aromatic rings. The molecule has 2 amide bonds. The predicted octanol–water partition coefficient (Wildman–Crippen LogP) is 0.626. The van der Waals surface area contributed by atoms with Crippen LogP contribution in [0.1, 0.15) is 29.4 Å². The first-order valence-electron chi connectivity index (χ1n) is 10.1. The third-order valence-corrected chi connectivity index (χ3v) is 5.22. The zero-order valence-electron chi connectivity index (χ0n) is 17.6. The van der Waals surface area contributed by atoms with E-state index < -0.39 is 17.9 Å². The number of pyridine rings is 1. The number of aromatic nitrogens is 1. The summed E-state index contributed by atoms with van der Waals surface area (Å²) >= 11 is 0. The minimum absolute atomic E-state index is 0.0915. The molecule has 0 radical (unpaired) electrons. The largest absolute Gasteiger partial charge is 0.618 e. The van der Waals surface area contributed by atoms with Gasteiger partial charge in [-0.2, -0.15) is 4.73 Å². The van der Waals surface area contributed by atoms with Crippen molar-refractivity contribution in [1.82, 2.24) is 10.2 Å². The molecule has 1 saturated heterocycles. The number of hydrogen-bond donors (Lipinski definition) is 2. The number of nitrogens with zero attached hydrogens (tertiary/aromatic N) is 2. The Morgan fingerprint density at radius 2 is 2.06 bits per heavy atom.